The van der Waals surface area contributed by atoms with Crippen molar-refractivity contribution in [3.05, 3.63) is 204 Å². The quantitative estimate of drug-likeness (QED) is 0.160. The van der Waals surface area contributed by atoms with Gasteiger partial charge in [-0.1, -0.05) is 116 Å². The molecular formula is C56H29N9. The molecule has 0 bridgehead atoms. The van der Waals surface area contributed by atoms with Crippen molar-refractivity contribution in [2.24, 2.45) is 0 Å². The molecule has 298 valence electrons. The van der Waals surface area contributed by atoms with Crippen LogP contribution in [0, 0.1) is 40.6 Å². The number of nitriles is 3. The predicted molar refractivity (Wildman–Crippen MR) is 256 cm³/mol. The van der Waals surface area contributed by atoms with E-state index in [0.717, 1.165) is 82.5 Å². The minimum atomic E-state index is 0.0705. The summed E-state index contributed by atoms with van der Waals surface area (Å²) in [5, 5.41) is 37.6. The highest BCUT2D eigenvalue weighted by Crippen LogP contribution is 2.50. The minimum absolute atomic E-state index is 0.0705. The fourth-order valence-electron chi connectivity index (χ4n) is 9.83. The number of benzene rings is 7. The van der Waals surface area contributed by atoms with Gasteiger partial charge in [-0.05, 0) is 71.8 Å². The second-order valence-corrected chi connectivity index (χ2v) is 15.8. The number of fused-ring (bicyclic) bond motifs is 9. The summed E-state index contributed by atoms with van der Waals surface area (Å²) in [6.07, 6.45) is 0. The summed E-state index contributed by atoms with van der Waals surface area (Å²) in [6, 6.07) is 65.8. The van der Waals surface area contributed by atoms with E-state index in [4.69, 9.17) is 6.57 Å². The van der Waals surface area contributed by atoms with Crippen molar-refractivity contribution in [3.63, 3.8) is 0 Å². The maximum absolute atomic E-state index is 10.4. The first-order valence-electron chi connectivity index (χ1n) is 20.9. The molecular weight excluding hydrogens is 799 g/mol. The molecule has 5 aromatic heterocycles. The average molecular weight is 828 g/mol. The second-order valence-electron chi connectivity index (χ2n) is 15.8. The number of aromatic nitrogens is 5. The Morgan fingerprint density at radius 2 is 0.662 bits per heavy atom. The normalized spacial score (nSPS) is 11.3. The molecule has 0 fully saturated rings. The molecule has 0 aliphatic carbocycles. The van der Waals surface area contributed by atoms with E-state index in [1.54, 1.807) is 24.3 Å². The lowest BCUT2D eigenvalue weighted by Gasteiger charge is -2.27. The van der Waals surface area contributed by atoms with Gasteiger partial charge in [0.1, 0.15) is 29.6 Å². The first-order valence-corrected chi connectivity index (χ1v) is 20.9. The number of hydrogen-bond donors (Lipinski definition) is 0. The standard InChI is InChI=1S/C56H29N9/c1-60-53-29-35(28-38(33-59)62-53)46-30-45(34-26-36(31-57)61-37(27-34)32-58)54(63-47-20-8-2-14-39(47)40-15-3-9-21-48(40)63)56(65-51-24-12-6-18-43(51)44-19-7-13-25-52(44)65)55(46)64-49-22-10-4-16-41(49)42-17-5-11-23-50(42)64/h2-30H. The zero-order chi connectivity index (χ0) is 43.8. The minimum Gasteiger partial charge on any atom is -0.361 e. The summed E-state index contributed by atoms with van der Waals surface area (Å²) in [7, 11) is 0. The van der Waals surface area contributed by atoms with E-state index in [2.05, 4.69) is 138 Å². The predicted octanol–water partition coefficient (Wildman–Crippen LogP) is 13.3. The Bertz CT molecular complexity index is 3760. The van der Waals surface area contributed by atoms with Crippen molar-refractivity contribution in [1.82, 2.24) is 23.7 Å². The van der Waals surface area contributed by atoms with Crippen molar-refractivity contribution in [1.29, 1.82) is 15.8 Å². The molecule has 0 unspecified atom stereocenters. The van der Waals surface area contributed by atoms with Crippen LogP contribution in [0.5, 0.6) is 0 Å². The fraction of sp³-hybridized carbons (Fsp3) is 0. The SMILES string of the molecule is [C-]#[N+]c1cc(-c2cc(-c3cc(C#N)nc(C#N)c3)c(-n3c4ccccc4c4ccccc43)c(-n3c4ccccc4c4ccccc43)c2-n2c3ccccc3c3ccccc32)cc(C#N)n1. The van der Waals surface area contributed by atoms with E-state index in [1.165, 1.54) is 0 Å². The van der Waals surface area contributed by atoms with Crippen molar-refractivity contribution >= 4 is 71.2 Å². The molecule has 65 heavy (non-hydrogen) atoms. The van der Waals surface area contributed by atoms with Gasteiger partial charge < -0.3 is 18.5 Å². The molecule has 0 amide bonds. The molecule has 9 nitrogen and oxygen atoms in total. The van der Waals surface area contributed by atoms with E-state index >= 15 is 0 Å². The number of hydrogen-bond acceptors (Lipinski definition) is 5. The lowest BCUT2D eigenvalue weighted by atomic mass is 9.92. The Morgan fingerprint density at radius 1 is 0.369 bits per heavy atom. The highest BCUT2D eigenvalue weighted by atomic mass is 15.1. The summed E-state index contributed by atoms with van der Waals surface area (Å²) < 4.78 is 6.93. The third-order valence-corrected chi connectivity index (χ3v) is 12.4. The van der Waals surface area contributed by atoms with Gasteiger partial charge in [0.15, 0.2) is 0 Å². The van der Waals surface area contributed by atoms with E-state index in [-0.39, 0.29) is 22.9 Å². The Morgan fingerprint density at radius 3 is 0.985 bits per heavy atom. The molecule has 0 saturated heterocycles. The zero-order valence-corrected chi connectivity index (χ0v) is 34.3. The van der Waals surface area contributed by atoms with Crippen molar-refractivity contribution < 1.29 is 0 Å². The monoisotopic (exact) mass is 827 g/mol. The highest BCUT2D eigenvalue weighted by Gasteiger charge is 2.31. The smallest absolute Gasteiger partial charge is 0.271 e. The zero-order valence-electron chi connectivity index (χ0n) is 34.3. The molecule has 0 N–H and O–H groups in total. The maximum atomic E-state index is 10.4. The Balaban J connectivity index is 1.45. The van der Waals surface area contributed by atoms with E-state index in [1.807, 2.05) is 60.7 Å². The highest BCUT2D eigenvalue weighted by molar-refractivity contribution is 6.15. The van der Waals surface area contributed by atoms with Crippen molar-refractivity contribution in [3.8, 4) is 57.5 Å². The molecule has 7 aromatic carbocycles. The molecule has 5 heterocycles. The molecule has 0 saturated carbocycles. The van der Waals surface area contributed by atoms with E-state index in [9.17, 15) is 15.8 Å². The molecule has 12 aromatic rings. The molecule has 0 radical (unpaired) electrons. The van der Waals surface area contributed by atoms with Gasteiger partial charge in [-0.2, -0.15) is 15.8 Å². The van der Waals surface area contributed by atoms with Crippen molar-refractivity contribution in [2.45, 2.75) is 0 Å². The first kappa shape index (κ1) is 37.0. The molecule has 0 aliphatic heterocycles. The first-order chi connectivity index (χ1) is 32.1. The van der Waals surface area contributed by atoms with Gasteiger partial charge in [0.2, 0.25) is 5.69 Å². The van der Waals surface area contributed by atoms with Crippen LogP contribution in [0.1, 0.15) is 17.1 Å². The lowest BCUT2D eigenvalue weighted by molar-refractivity contribution is 1.05. The van der Waals surface area contributed by atoms with Crippen LogP contribution in [0.3, 0.4) is 0 Å². The Hall–Kier alpha value is -9.80. The van der Waals surface area contributed by atoms with Crippen LogP contribution in [-0.2, 0) is 0 Å². The van der Waals surface area contributed by atoms with Gasteiger partial charge in [-0.3, -0.25) is 0 Å². The summed E-state index contributed by atoms with van der Waals surface area (Å²) in [5.74, 6) is 0.0705. The van der Waals surface area contributed by atoms with Crippen LogP contribution in [0.25, 0.3) is 110 Å². The second kappa shape index (κ2) is 14.4. The van der Waals surface area contributed by atoms with Crippen LogP contribution in [0.15, 0.2) is 176 Å². The number of para-hydroxylation sites is 6. The van der Waals surface area contributed by atoms with Gasteiger partial charge in [0.05, 0.1) is 50.2 Å². The van der Waals surface area contributed by atoms with Crippen LogP contribution in [-0.4, -0.2) is 23.7 Å². The largest absolute Gasteiger partial charge is 0.361 e. The van der Waals surface area contributed by atoms with Gasteiger partial charge in [0.25, 0.3) is 5.82 Å². The summed E-state index contributed by atoms with van der Waals surface area (Å²) >= 11 is 0. The van der Waals surface area contributed by atoms with Gasteiger partial charge in [-0.25, -0.2) is 4.98 Å². The number of pyridine rings is 2. The van der Waals surface area contributed by atoms with Gasteiger partial charge in [0, 0.05) is 49.5 Å². The van der Waals surface area contributed by atoms with Crippen LogP contribution < -0.4 is 0 Å². The number of nitrogens with zero attached hydrogens (tertiary/aromatic N) is 9. The topological polar surface area (TPSA) is 116 Å². The summed E-state index contributed by atoms with van der Waals surface area (Å²) in [4.78, 5) is 12.5. The van der Waals surface area contributed by atoms with E-state index < -0.39 is 0 Å². The van der Waals surface area contributed by atoms with Gasteiger partial charge >= 0.3 is 0 Å². The third-order valence-electron chi connectivity index (χ3n) is 12.4. The van der Waals surface area contributed by atoms with E-state index in [0.29, 0.717) is 22.3 Å². The lowest BCUT2D eigenvalue weighted by Crippen LogP contribution is -2.12. The number of rotatable bonds is 5. The molecule has 0 spiro atoms. The maximum Gasteiger partial charge on any atom is 0.271 e. The summed E-state index contributed by atoms with van der Waals surface area (Å²) in [5.41, 5.74) is 10.8. The molecule has 12 rings (SSSR count). The Kier molecular flexibility index (Phi) is 8.20. The molecule has 0 atom stereocenters. The van der Waals surface area contributed by atoms with Crippen LogP contribution in [0.2, 0.25) is 0 Å². The Labute approximate surface area is 371 Å². The van der Waals surface area contributed by atoms with Crippen molar-refractivity contribution in [2.75, 3.05) is 0 Å². The van der Waals surface area contributed by atoms with Crippen LogP contribution in [0.4, 0.5) is 5.82 Å². The average Bonchev–Trinajstić information content (AvgIpc) is 4.01. The molecule has 0 aliphatic rings. The third kappa shape index (κ3) is 5.48. The van der Waals surface area contributed by atoms with Crippen LogP contribution >= 0.6 is 0 Å². The summed E-state index contributed by atoms with van der Waals surface area (Å²) in [6.45, 7) is 8.14. The van der Waals surface area contributed by atoms with Gasteiger partial charge in [-0.15, -0.1) is 4.98 Å². The molecule has 9 heteroatoms. The fourth-order valence-corrected chi connectivity index (χ4v) is 9.83.